The van der Waals surface area contributed by atoms with Crippen LogP contribution in [0.15, 0.2) is 71.8 Å². The van der Waals surface area contributed by atoms with Gasteiger partial charge >= 0.3 is 0 Å². The predicted molar refractivity (Wildman–Crippen MR) is 213 cm³/mol. The molecule has 0 bridgehead atoms. The highest BCUT2D eigenvalue weighted by molar-refractivity contribution is 7.22. The van der Waals surface area contributed by atoms with Crippen molar-refractivity contribution in [1.29, 1.82) is 21.0 Å². The number of nitriles is 4. The van der Waals surface area contributed by atoms with Crippen molar-refractivity contribution in [2.45, 2.75) is 13.8 Å². The van der Waals surface area contributed by atoms with E-state index >= 15 is 0 Å². The quantitative estimate of drug-likeness (QED) is 0.128. The van der Waals surface area contributed by atoms with Crippen LogP contribution in [0.1, 0.15) is 22.3 Å². The molecule has 12 heteroatoms. The molecule has 0 unspecified atom stereocenters. The lowest BCUT2D eigenvalue weighted by Crippen LogP contribution is -1.88. The Kier molecular flexibility index (Phi) is 7.38. The van der Waals surface area contributed by atoms with Crippen LogP contribution in [0.3, 0.4) is 0 Å². The minimum atomic E-state index is 0.0248. The van der Waals surface area contributed by atoms with Crippen LogP contribution >= 0.6 is 46.1 Å². The van der Waals surface area contributed by atoms with E-state index in [9.17, 15) is 21.0 Å². The van der Waals surface area contributed by atoms with Crippen LogP contribution in [0, 0.1) is 59.2 Å². The standard InChI is InChI=1S/C40H18N8S4/c1-19-29-9-25-11-35(27-5-3-23(7-21(15-41)16-42)37-39(27)47-51-45-37)50-34(25)14-32(29)20(2)30-10-26-12-36(49-33(26)13-31(19)30)28-6-4-24(8-22(17-43)18-44)38-40(28)48-52-46-38/h3-14H,1-2H3. The smallest absolute Gasteiger partial charge is 0.130 e. The molecule has 0 N–H and O–H groups in total. The van der Waals surface area contributed by atoms with Crippen LogP contribution in [0.5, 0.6) is 0 Å². The first kappa shape index (κ1) is 31.6. The molecule has 242 valence electrons. The molecule has 0 aliphatic rings. The van der Waals surface area contributed by atoms with Gasteiger partial charge in [0.2, 0.25) is 0 Å². The van der Waals surface area contributed by atoms with Gasteiger partial charge in [0, 0.05) is 41.4 Å². The van der Waals surface area contributed by atoms with E-state index in [2.05, 4.69) is 67.7 Å². The molecule has 5 aromatic carbocycles. The molecule has 0 fully saturated rings. The summed E-state index contributed by atoms with van der Waals surface area (Å²) in [5, 5.41) is 44.3. The van der Waals surface area contributed by atoms with E-state index in [0.717, 1.165) is 66.1 Å². The fraction of sp³-hybridized carbons (Fsp3) is 0.0500. The van der Waals surface area contributed by atoms with E-state index in [4.69, 9.17) is 0 Å². The first-order valence-corrected chi connectivity index (χ1v) is 18.9. The summed E-state index contributed by atoms with van der Waals surface area (Å²) in [7, 11) is 0. The maximum absolute atomic E-state index is 9.27. The van der Waals surface area contributed by atoms with Gasteiger partial charge in [-0.1, -0.05) is 24.3 Å². The zero-order chi connectivity index (χ0) is 35.7. The number of thiophene rings is 2. The van der Waals surface area contributed by atoms with Crippen LogP contribution in [0.25, 0.3) is 96.8 Å². The van der Waals surface area contributed by atoms with Crippen molar-refractivity contribution in [2.75, 3.05) is 0 Å². The van der Waals surface area contributed by atoms with Crippen molar-refractivity contribution in [1.82, 2.24) is 17.5 Å². The first-order valence-electron chi connectivity index (χ1n) is 15.8. The monoisotopic (exact) mass is 738 g/mol. The summed E-state index contributed by atoms with van der Waals surface area (Å²) in [4.78, 5) is 2.16. The number of benzene rings is 5. The van der Waals surface area contributed by atoms with Crippen molar-refractivity contribution in [3.63, 3.8) is 0 Å². The molecule has 8 nitrogen and oxygen atoms in total. The number of fused-ring (bicyclic) bond motifs is 6. The van der Waals surface area contributed by atoms with Gasteiger partial charge < -0.3 is 0 Å². The molecule has 9 rings (SSSR count). The predicted octanol–water partition coefficient (Wildman–Crippen LogP) is 11.2. The van der Waals surface area contributed by atoms with Gasteiger partial charge in [0.1, 0.15) is 57.5 Å². The van der Waals surface area contributed by atoms with Gasteiger partial charge in [0.05, 0.1) is 23.5 Å². The molecule has 52 heavy (non-hydrogen) atoms. The lowest BCUT2D eigenvalue weighted by atomic mass is 9.92. The summed E-state index contributed by atoms with van der Waals surface area (Å²) in [6.07, 6.45) is 3.12. The fourth-order valence-corrected chi connectivity index (χ4v) is 10.2. The molecular formula is C40H18N8S4. The Morgan fingerprint density at radius 1 is 0.519 bits per heavy atom. The van der Waals surface area contributed by atoms with E-state index in [1.807, 2.05) is 48.5 Å². The molecule has 0 radical (unpaired) electrons. The topological polar surface area (TPSA) is 147 Å². The summed E-state index contributed by atoms with van der Waals surface area (Å²) in [5.41, 5.74) is 8.73. The molecule has 0 aliphatic carbocycles. The molecule has 0 saturated heterocycles. The number of aromatic nitrogens is 4. The van der Waals surface area contributed by atoms with Crippen LogP contribution in [-0.4, -0.2) is 17.5 Å². The van der Waals surface area contributed by atoms with Gasteiger partial charge in [-0.15, -0.1) is 22.7 Å². The van der Waals surface area contributed by atoms with E-state index < -0.39 is 0 Å². The zero-order valence-electron chi connectivity index (χ0n) is 27.1. The highest BCUT2D eigenvalue weighted by Crippen LogP contribution is 2.44. The van der Waals surface area contributed by atoms with Gasteiger partial charge in [-0.3, -0.25) is 0 Å². The second-order valence-corrected chi connectivity index (χ2v) is 15.5. The third-order valence-corrected chi connectivity index (χ3v) is 12.8. The minimum absolute atomic E-state index is 0.0248. The van der Waals surface area contributed by atoms with E-state index in [1.54, 1.807) is 34.8 Å². The number of hydrogen-bond acceptors (Lipinski definition) is 12. The SMILES string of the molecule is Cc1c2cc3cc(-c4ccc(C=C(C#N)C#N)c5nsnc45)sc3cc2c(C)c2cc3cc(-c4ccc(C=C(C#N)C#N)c5nsnc45)sc3cc12. The normalized spacial score (nSPS) is 11.2. The Hall–Kier alpha value is -6.38. The Morgan fingerprint density at radius 3 is 1.31 bits per heavy atom. The number of rotatable bonds is 4. The zero-order valence-corrected chi connectivity index (χ0v) is 30.4. The summed E-state index contributed by atoms with van der Waals surface area (Å²) >= 11 is 5.68. The van der Waals surface area contributed by atoms with Gasteiger partial charge in [-0.2, -0.15) is 38.5 Å². The lowest BCUT2D eigenvalue weighted by Gasteiger charge is -2.13. The number of allylic oxidation sites excluding steroid dienone is 2. The average molecular weight is 739 g/mol. The molecule has 0 spiro atoms. The first-order chi connectivity index (χ1) is 25.4. The average Bonchev–Trinajstić information content (AvgIpc) is 3.99. The Morgan fingerprint density at radius 2 is 0.904 bits per heavy atom. The van der Waals surface area contributed by atoms with Crippen LogP contribution in [-0.2, 0) is 0 Å². The largest absolute Gasteiger partial charge is 0.192 e. The summed E-state index contributed by atoms with van der Waals surface area (Å²) in [6.45, 7) is 4.40. The molecule has 0 saturated carbocycles. The summed E-state index contributed by atoms with van der Waals surface area (Å²) < 4.78 is 20.5. The highest BCUT2D eigenvalue weighted by atomic mass is 32.1. The van der Waals surface area contributed by atoms with Gasteiger partial charge in [-0.05, 0) is 106 Å². The van der Waals surface area contributed by atoms with Crippen molar-refractivity contribution in [3.05, 3.63) is 94.1 Å². The minimum Gasteiger partial charge on any atom is -0.192 e. The third-order valence-electron chi connectivity index (χ3n) is 9.43. The molecule has 4 heterocycles. The summed E-state index contributed by atoms with van der Waals surface area (Å²) in [6, 6.07) is 29.1. The van der Waals surface area contributed by atoms with E-state index in [-0.39, 0.29) is 11.1 Å². The van der Waals surface area contributed by atoms with Gasteiger partial charge in [0.15, 0.2) is 0 Å². The van der Waals surface area contributed by atoms with Crippen molar-refractivity contribution in [3.8, 4) is 45.2 Å². The molecule has 0 amide bonds. The molecule has 0 atom stereocenters. The second kappa shape index (κ2) is 12.1. The fourth-order valence-electron chi connectivity index (χ4n) is 6.86. The van der Waals surface area contributed by atoms with Gasteiger partial charge in [-0.25, -0.2) is 0 Å². The maximum atomic E-state index is 9.27. The van der Waals surface area contributed by atoms with Crippen molar-refractivity contribution < 1.29 is 0 Å². The Balaban J connectivity index is 1.16. The second-order valence-electron chi connectivity index (χ2n) is 12.2. The summed E-state index contributed by atoms with van der Waals surface area (Å²) in [5.74, 6) is 0. The Labute approximate surface area is 311 Å². The number of nitrogens with zero attached hydrogens (tertiary/aromatic N) is 8. The van der Waals surface area contributed by atoms with Crippen LogP contribution < -0.4 is 0 Å². The van der Waals surface area contributed by atoms with Crippen molar-refractivity contribution in [2.24, 2.45) is 0 Å². The highest BCUT2D eigenvalue weighted by Gasteiger charge is 2.19. The van der Waals surface area contributed by atoms with E-state index in [0.29, 0.717) is 22.2 Å². The molecule has 9 aromatic rings. The Bertz CT molecular complexity index is 2930. The van der Waals surface area contributed by atoms with E-state index in [1.165, 1.54) is 42.1 Å². The maximum Gasteiger partial charge on any atom is 0.130 e. The number of aryl methyl sites for hydroxylation is 2. The van der Waals surface area contributed by atoms with Crippen LogP contribution in [0.4, 0.5) is 0 Å². The molecule has 0 aliphatic heterocycles. The molecular weight excluding hydrogens is 721 g/mol. The van der Waals surface area contributed by atoms with Crippen LogP contribution in [0.2, 0.25) is 0 Å². The lowest BCUT2D eigenvalue weighted by molar-refractivity contribution is 1.47. The van der Waals surface area contributed by atoms with Gasteiger partial charge in [0.25, 0.3) is 0 Å². The third kappa shape index (κ3) is 4.86. The van der Waals surface area contributed by atoms with Crippen molar-refractivity contribution >= 4 is 122 Å². The number of hydrogen-bond donors (Lipinski definition) is 0. The molecule has 4 aromatic heterocycles.